The van der Waals surface area contributed by atoms with E-state index in [0.717, 1.165) is 0 Å². The van der Waals surface area contributed by atoms with E-state index in [1.165, 1.54) is 18.3 Å². The first kappa shape index (κ1) is 21.1. The molecule has 2 rings (SSSR count). The molecular formula is C18H20N4O5S. The topological polar surface area (TPSA) is 107 Å². The van der Waals surface area contributed by atoms with Gasteiger partial charge in [0.1, 0.15) is 11.5 Å². The largest absolute Gasteiger partial charge is 0.497 e. The molecule has 0 unspecified atom stereocenters. The number of hydrazone groups is 1. The van der Waals surface area contributed by atoms with Crippen LogP contribution in [0.15, 0.2) is 47.6 Å². The lowest BCUT2D eigenvalue weighted by molar-refractivity contribution is -0.385. The number of nitro benzene ring substituents is 1. The van der Waals surface area contributed by atoms with Crippen molar-refractivity contribution in [3.63, 3.8) is 0 Å². The number of benzene rings is 2. The van der Waals surface area contributed by atoms with Crippen molar-refractivity contribution >= 4 is 29.2 Å². The Bertz CT molecular complexity index is 842. The highest BCUT2D eigenvalue weighted by Gasteiger charge is 2.16. The molecule has 0 radical (unpaired) electrons. The van der Waals surface area contributed by atoms with Gasteiger partial charge in [-0.05, 0) is 48.6 Å². The van der Waals surface area contributed by atoms with Gasteiger partial charge in [0.2, 0.25) is 5.75 Å². The highest BCUT2D eigenvalue weighted by Crippen LogP contribution is 2.32. The molecule has 0 spiro atoms. The summed E-state index contributed by atoms with van der Waals surface area (Å²) in [5.74, 6) is 1.24. The van der Waals surface area contributed by atoms with E-state index in [9.17, 15) is 10.1 Å². The number of nitrogens with zero attached hydrogens (tertiary/aromatic N) is 2. The number of ether oxygens (including phenoxy) is 3. The number of hydrogen-bond donors (Lipinski definition) is 2. The molecule has 10 heteroatoms. The maximum atomic E-state index is 11.4. The fraction of sp³-hybridized carbons (Fsp3) is 0.222. The first-order valence-corrected chi connectivity index (χ1v) is 8.60. The van der Waals surface area contributed by atoms with Crippen LogP contribution in [0.25, 0.3) is 0 Å². The smallest absolute Gasteiger partial charge is 0.312 e. The third-order valence-corrected chi connectivity index (χ3v) is 3.67. The van der Waals surface area contributed by atoms with Gasteiger partial charge in [-0.25, -0.2) is 0 Å². The quantitative estimate of drug-likeness (QED) is 0.216. The molecule has 0 aliphatic heterocycles. The molecule has 0 saturated carbocycles. The lowest BCUT2D eigenvalue weighted by atomic mass is 10.2. The van der Waals surface area contributed by atoms with E-state index in [4.69, 9.17) is 26.4 Å². The zero-order chi connectivity index (χ0) is 20.4. The van der Waals surface area contributed by atoms with Crippen LogP contribution in [-0.4, -0.2) is 43.6 Å². The van der Waals surface area contributed by atoms with Gasteiger partial charge in [0, 0.05) is 25.3 Å². The van der Waals surface area contributed by atoms with Crippen LogP contribution in [0.1, 0.15) is 5.56 Å². The number of nitro groups is 1. The molecule has 2 aromatic rings. The van der Waals surface area contributed by atoms with Crippen molar-refractivity contribution in [2.24, 2.45) is 5.10 Å². The van der Waals surface area contributed by atoms with Gasteiger partial charge in [0.25, 0.3) is 0 Å². The maximum Gasteiger partial charge on any atom is 0.312 e. The van der Waals surface area contributed by atoms with Crippen molar-refractivity contribution < 1.29 is 19.1 Å². The van der Waals surface area contributed by atoms with Crippen LogP contribution in [0.5, 0.6) is 17.2 Å². The third-order valence-electron chi connectivity index (χ3n) is 3.44. The molecule has 0 heterocycles. The predicted octanol–water partition coefficient (Wildman–Crippen LogP) is 2.84. The van der Waals surface area contributed by atoms with Gasteiger partial charge in [-0.2, -0.15) is 5.10 Å². The highest BCUT2D eigenvalue weighted by molar-refractivity contribution is 7.80. The summed E-state index contributed by atoms with van der Waals surface area (Å²) in [4.78, 5) is 10.9. The van der Waals surface area contributed by atoms with E-state index in [1.54, 1.807) is 44.6 Å². The van der Waals surface area contributed by atoms with Crippen LogP contribution in [0.2, 0.25) is 0 Å². The second kappa shape index (κ2) is 10.8. The van der Waals surface area contributed by atoms with Crippen molar-refractivity contribution in [2.45, 2.75) is 0 Å². The van der Waals surface area contributed by atoms with Crippen LogP contribution in [0.3, 0.4) is 0 Å². The predicted molar refractivity (Wildman–Crippen MR) is 109 cm³/mol. The summed E-state index contributed by atoms with van der Waals surface area (Å²) in [6.45, 7) is 1.05. The minimum absolute atomic E-state index is 0.122. The zero-order valence-electron chi connectivity index (χ0n) is 15.4. The van der Waals surface area contributed by atoms with E-state index in [-0.39, 0.29) is 11.4 Å². The number of rotatable bonds is 9. The Morgan fingerprint density at radius 2 is 1.93 bits per heavy atom. The molecule has 0 bridgehead atoms. The average Bonchev–Trinajstić information content (AvgIpc) is 2.69. The van der Waals surface area contributed by atoms with Crippen LogP contribution < -0.4 is 20.2 Å². The molecule has 0 amide bonds. The molecule has 0 aromatic heterocycles. The molecule has 2 N–H and O–H groups in total. The van der Waals surface area contributed by atoms with E-state index in [1.807, 2.05) is 0 Å². The molecule has 0 aliphatic carbocycles. The van der Waals surface area contributed by atoms with Crippen LogP contribution in [0, 0.1) is 10.1 Å². The van der Waals surface area contributed by atoms with E-state index < -0.39 is 4.92 Å². The Kier molecular flexibility index (Phi) is 8.12. The van der Waals surface area contributed by atoms with Crippen molar-refractivity contribution in [3.05, 3.63) is 58.1 Å². The number of thiocarbonyl (C=S) groups is 1. The molecule has 28 heavy (non-hydrogen) atoms. The fourth-order valence-corrected chi connectivity index (χ4v) is 2.24. The Labute approximate surface area is 167 Å². The summed E-state index contributed by atoms with van der Waals surface area (Å²) in [5, 5.41) is 18.6. The summed E-state index contributed by atoms with van der Waals surface area (Å²) in [5.41, 5.74) is 2.96. The van der Waals surface area contributed by atoms with Gasteiger partial charge in [0.05, 0.1) is 24.9 Å². The number of nitrogens with one attached hydrogen (secondary N) is 2. The SMILES string of the molecule is COCCNC(=S)NN=Cc1ccc(Oc2ccc(OC)cc2)c([N+](=O)[O-])c1. The Morgan fingerprint density at radius 1 is 1.21 bits per heavy atom. The first-order chi connectivity index (χ1) is 13.5. The van der Waals surface area contributed by atoms with Gasteiger partial charge < -0.3 is 19.5 Å². The number of methoxy groups -OCH3 is 2. The van der Waals surface area contributed by atoms with Gasteiger partial charge in [-0.1, -0.05) is 0 Å². The Morgan fingerprint density at radius 3 is 2.57 bits per heavy atom. The summed E-state index contributed by atoms with van der Waals surface area (Å²) in [7, 11) is 3.14. The normalized spacial score (nSPS) is 10.5. The van der Waals surface area contributed by atoms with Gasteiger partial charge in [-0.3, -0.25) is 15.5 Å². The van der Waals surface area contributed by atoms with Gasteiger partial charge >= 0.3 is 5.69 Å². The van der Waals surface area contributed by atoms with E-state index in [2.05, 4.69) is 15.8 Å². The lowest BCUT2D eigenvalue weighted by Gasteiger charge is -2.08. The van der Waals surface area contributed by atoms with Crippen molar-refractivity contribution in [2.75, 3.05) is 27.4 Å². The lowest BCUT2D eigenvalue weighted by Crippen LogP contribution is -2.34. The highest BCUT2D eigenvalue weighted by atomic mass is 32.1. The minimum Gasteiger partial charge on any atom is -0.497 e. The van der Waals surface area contributed by atoms with Crippen molar-refractivity contribution in [1.82, 2.24) is 10.7 Å². The fourth-order valence-electron chi connectivity index (χ4n) is 2.09. The van der Waals surface area contributed by atoms with Crippen molar-refractivity contribution in [1.29, 1.82) is 0 Å². The molecular weight excluding hydrogens is 384 g/mol. The molecule has 0 atom stereocenters. The molecule has 9 nitrogen and oxygen atoms in total. The number of hydrogen-bond acceptors (Lipinski definition) is 7. The Hall–Kier alpha value is -3.24. The second-order valence-electron chi connectivity index (χ2n) is 5.38. The zero-order valence-corrected chi connectivity index (χ0v) is 16.2. The standard InChI is InChI=1S/C18H20N4O5S/c1-25-10-9-19-18(28)21-20-12-13-3-8-17(16(11-13)22(23)24)27-15-6-4-14(26-2)5-7-15/h3-8,11-12H,9-10H2,1-2H3,(H2,19,21,28). The molecule has 0 aliphatic rings. The van der Waals surface area contributed by atoms with Gasteiger partial charge in [0.15, 0.2) is 5.11 Å². The van der Waals surface area contributed by atoms with Crippen LogP contribution in [0.4, 0.5) is 5.69 Å². The van der Waals surface area contributed by atoms with Crippen molar-refractivity contribution in [3.8, 4) is 17.2 Å². The summed E-state index contributed by atoms with van der Waals surface area (Å²) in [6, 6.07) is 11.3. The second-order valence-corrected chi connectivity index (χ2v) is 5.79. The van der Waals surface area contributed by atoms with E-state index >= 15 is 0 Å². The Balaban J connectivity index is 2.06. The summed E-state index contributed by atoms with van der Waals surface area (Å²) in [6.07, 6.45) is 1.43. The third kappa shape index (κ3) is 6.49. The van der Waals surface area contributed by atoms with Crippen LogP contribution in [-0.2, 0) is 4.74 Å². The molecule has 2 aromatic carbocycles. The van der Waals surface area contributed by atoms with Crippen LogP contribution >= 0.6 is 12.2 Å². The first-order valence-electron chi connectivity index (χ1n) is 8.19. The monoisotopic (exact) mass is 404 g/mol. The molecule has 0 fully saturated rings. The summed E-state index contributed by atoms with van der Waals surface area (Å²) >= 11 is 5.03. The van der Waals surface area contributed by atoms with Gasteiger partial charge in [-0.15, -0.1) is 0 Å². The summed E-state index contributed by atoms with van der Waals surface area (Å²) < 4.78 is 15.6. The maximum absolute atomic E-state index is 11.4. The average molecular weight is 404 g/mol. The minimum atomic E-state index is -0.513. The van der Waals surface area contributed by atoms with E-state index in [0.29, 0.717) is 35.3 Å². The molecule has 0 saturated heterocycles. The molecule has 148 valence electrons.